The van der Waals surface area contributed by atoms with Gasteiger partial charge in [-0.15, -0.1) is 0 Å². The van der Waals surface area contributed by atoms with Crippen molar-refractivity contribution in [1.82, 2.24) is 9.80 Å². The van der Waals surface area contributed by atoms with Crippen LogP contribution in [0.15, 0.2) is 31.3 Å². The van der Waals surface area contributed by atoms with Crippen molar-refractivity contribution >= 4 is 27.8 Å². The van der Waals surface area contributed by atoms with E-state index in [1.807, 2.05) is 20.8 Å². The fourth-order valence-electron chi connectivity index (χ4n) is 8.20. The molecule has 4 aliphatic rings. The van der Waals surface area contributed by atoms with Crippen LogP contribution in [0.1, 0.15) is 66.5 Å². The summed E-state index contributed by atoms with van der Waals surface area (Å²) in [6.07, 6.45) is 9.88. The van der Waals surface area contributed by atoms with Gasteiger partial charge in [0.25, 0.3) is 0 Å². The van der Waals surface area contributed by atoms with Crippen molar-refractivity contribution in [3.8, 4) is 0 Å². The lowest BCUT2D eigenvalue weighted by Gasteiger charge is -2.54. The molecule has 0 radical (unpaired) electrons. The molecule has 3 saturated heterocycles. The van der Waals surface area contributed by atoms with Crippen LogP contribution in [0.25, 0.3) is 21.9 Å². The molecule has 0 unspecified atom stereocenters. The third-order valence-electron chi connectivity index (χ3n) is 10.2. The molecule has 3 aromatic rings. The Bertz CT molecular complexity index is 1560. The summed E-state index contributed by atoms with van der Waals surface area (Å²) in [5.74, 6) is 2.06. The van der Waals surface area contributed by atoms with Crippen LogP contribution in [0.4, 0.5) is 0 Å². The van der Waals surface area contributed by atoms with Gasteiger partial charge >= 0.3 is 5.63 Å². The van der Waals surface area contributed by atoms with Gasteiger partial charge in [0.05, 0.1) is 18.0 Å². The number of likely N-dealkylation sites (tertiary alicyclic amines) is 1. The van der Waals surface area contributed by atoms with E-state index in [4.69, 9.17) is 8.83 Å². The van der Waals surface area contributed by atoms with Crippen LogP contribution >= 0.6 is 0 Å². The van der Waals surface area contributed by atoms with Gasteiger partial charge < -0.3 is 13.7 Å². The van der Waals surface area contributed by atoms with Crippen LogP contribution in [0.2, 0.25) is 0 Å². The predicted octanol–water partition coefficient (Wildman–Crippen LogP) is 5.74. The lowest BCUT2D eigenvalue weighted by molar-refractivity contribution is -0.135. The highest BCUT2D eigenvalue weighted by molar-refractivity contribution is 6.00. The van der Waals surface area contributed by atoms with Crippen LogP contribution in [0.5, 0.6) is 0 Å². The first kappa shape index (κ1) is 24.2. The fraction of sp³-hybridized carbons (Fsp3) is 0.562. The first-order valence-electron chi connectivity index (χ1n) is 14.5. The van der Waals surface area contributed by atoms with Gasteiger partial charge in [0, 0.05) is 35.5 Å². The molecule has 3 aliphatic heterocycles. The Labute approximate surface area is 223 Å². The molecule has 6 nitrogen and oxygen atoms in total. The van der Waals surface area contributed by atoms with E-state index >= 15 is 0 Å². The molecule has 200 valence electrons. The maximum Gasteiger partial charge on any atom is 0.340 e. The molecule has 0 saturated carbocycles. The van der Waals surface area contributed by atoms with Crippen LogP contribution in [0.3, 0.4) is 0 Å². The van der Waals surface area contributed by atoms with E-state index in [2.05, 4.69) is 28.9 Å². The van der Waals surface area contributed by atoms with E-state index in [1.54, 1.807) is 0 Å². The third-order valence-corrected chi connectivity index (χ3v) is 10.2. The topological polar surface area (TPSA) is 66.9 Å². The molecule has 4 atom stereocenters. The standard InChI is InChI=1S/C32H38N2O4/c1-17-20(4)37-30-19(3)31-25(14-24(17)30)18(2)26(32(36)38-31)15-28(35)34-11-7-8-21-12-22-13-23(29(21)34)16-33-10-6-5-9-27(22)33/h12,14,22-23,27,29H,5-11,13,15-16H2,1-4H3/t22-,23-,27+,29+/m0/s1. The second kappa shape index (κ2) is 8.84. The van der Waals surface area contributed by atoms with Crippen LogP contribution in [-0.2, 0) is 11.2 Å². The molecular weight excluding hydrogens is 476 g/mol. The van der Waals surface area contributed by atoms with Crippen molar-refractivity contribution < 1.29 is 13.6 Å². The van der Waals surface area contributed by atoms with Crippen LogP contribution in [-0.4, -0.2) is 47.4 Å². The molecule has 3 fully saturated rings. The normalized spacial score (nSPS) is 27.4. The van der Waals surface area contributed by atoms with Crippen molar-refractivity contribution in [1.29, 1.82) is 0 Å². The Hall–Kier alpha value is -2.86. The number of benzene rings is 1. The summed E-state index contributed by atoms with van der Waals surface area (Å²) in [7, 11) is 0. The van der Waals surface area contributed by atoms with Crippen molar-refractivity contribution in [2.45, 2.75) is 84.7 Å². The number of piperidine rings is 3. The first-order chi connectivity index (χ1) is 18.3. The average Bonchev–Trinajstić information content (AvgIpc) is 3.20. The zero-order valence-electron chi connectivity index (χ0n) is 23.1. The summed E-state index contributed by atoms with van der Waals surface area (Å²) >= 11 is 0. The molecule has 2 aromatic heterocycles. The Morgan fingerprint density at radius 1 is 0.974 bits per heavy atom. The molecule has 1 amide bonds. The molecule has 0 N–H and O–H groups in total. The summed E-state index contributed by atoms with van der Waals surface area (Å²) in [5.41, 5.74) is 5.66. The third kappa shape index (κ3) is 3.55. The average molecular weight is 515 g/mol. The van der Waals surface area contributed by atoms with Crippen molar-refractivity contribution in [3.63, 3.8) is 0 Å². The minimum absolute atomic E-state index is 0.0581. The molecule has 0 spiro atoms. The lowest BCUT2D eigenvalue weighted by atomic mass is 9.68. The molecule has 7 rings (SSSR count). The summed E-state index contributed by atoms with van der Waals surface area (Å²) in [4.78, 5) is 32.0. The summed E-state index contributed by atoms with van der Waals surface area (Å²) in [6.45, 7) is 11.0. The quantitative estimate of drug-likeness (QED) is 0.322. The van der Waals surface area contributed by atoms with Gasteiger partial charge in [0.1, 0.15) is 16.9 Å². The van der Waals surface area contributed by atoms with Gasteiger partial charge in [-0.3, -0.25) is 9.69 Å². The highest BCUT2D eigenvalue weighted by Gasteiger charge is 2.47. The van der Waals surface area contributed by atoms with Crippen molar-refractivity contribution in [2.24, 2.45) is 11.8 Å². The largest absolute Gasteiger partial charge is 0.461 e. The van der Waals surface area contributed by atoms with Gasteiger partial charge in [0.15, 0.2) is 0 Å². The van der Waals surface area contributed by atoms with Gasteiger partial charge in [-0.05, 0) is 95.4 Å². The number of amides is 1. The fourth-order valence-corrected chi connectivity index (χ4v) is 8.20. The molecule has 5 heterocycles. The maximum absolute atomic E-state index is 13.9. The summed E-state index contributed by atoms with van der Waals surface area (Å²) in [5, 5.41) is 1.93. The number of furan rings is 1. The maximum atomic E-state index is 13.9. The zero-order chi connectivity index (χ0) is 26.3. The van der Waals surface area contributed by atoms with E-state index in [1.165, 1.54) is 37.8 Å². The van der Waals surface area contributed by atoms with Crippen molar-refractivity contribution in [2.75, 3.05) is 19.6 Å². The zero-order valence-corrected chi connectivity index (χ0v) is 23.1. The van der Waals surface area contributed by atoms with Crippen LogP contribution < -0.4 is 5.63 Å². The smallest absolute Gasteiger partial charge is 0.340 e. The van der Waals surface area contributed by atoms with E-state index in [0.717, 1.165) is 64.7 Å². The van der Waals surface area contributed by atoms with Gasteiger partial charge in [-0.2, -0.15) is 0 Å². The summed E-state index contributed by atoms with van der Waals surface area (Å²) in [6, 6.07) is 2.94. The minimum atomic E-state index is -0.406. The predicted molar refractivity (Wildman–Crippen MR) is 149 cm³/mol. The van der Waals surface area contributed by atoms with Gasteiger partial charge in [0.2, 0.25) is 5.91 Å². The number of fused-ring (bicyclic) bond motifs is 8. The Morgan fingerprint density at radius 3 is 2.61 bits per heavy atom. The highest BCUT2D eigenvalue weighted by Crippen LogP contribution is 2.45. The van der Waals surface area contributed by atoms with E-state index in [-0.39, 0.29) is 18.4 Å². The Balaban J connectivity index is 1.23. The molecule has 6 heteroatoms. The Morgan fingerprint density at radius 2 is 1.76 bits per heavy atom. The monoisotopic (exact) mass is 514 g/mol. The second-order valence-electron chi connectivity index (χ2n) is 12.3. The van der Waals surface area contributed by atoms with Gasteiger partial charge in [-0.1, -0.05) is 18.1 Å². The van der Waals surface area contributed by atoms with Crippen molar-refractivity contribution in [3.05, 3.63) is 56.1 Å². The first-order valence-corrected chi connectivity index (χ1v) is 14.5. The molecule has 38 heavy (non-hydrogen) atoms. The second-order valence-corrected chi connectivity index (χ2v) is 12.3. The SMILES string of the molecule is Cc1oc2c(C)c3oc(=O)c(CC(=O)N4CCCC5=C[C@H]6C[C@@H](CN7CCCC[C@H]67)[C@@H]54)c(C)c3cc2c1C. The van der Waals surface area contributed by atoms with E-state index < -0.39 is 5.63 Å². The number of carbonyl (C=O) groups is 1. The van der Waals surface area contributed by atoms with E-state index in [9.17, 15) is 9.59 Å². The lowest BCUT2D eigenvalue weighted by Crippen LogP contribution is -2.60. The Kier molecular flexibility index (Phi) is 5.63. The molecule has 1 aromatic carbocycles. The molecular formula is C32H38N2O4. The minimum Gasteiger partial charge on any atom is -0.461 e. The molecule has 1 aliphatic carbocycles. The highest BCUT2D eigenvalue weighted by atomic mass is 16.4. The number of carbonyl (C=O) groups excluding carboxylic acids is 1. The van der Waals surface area contributed by atoms with Gasteiger partial charge in [-0.25, -0.2) is 4.79 Å². The van der Waals surface area contributed by atoms with E-state index in [0.29, 0.717) is 29.0 Å². The number of aryl methyl sites for hydroxylation is 4. The number of rotatable bonds is 2. The van der Waals surface area contributed by atoms with Crippen LogP contribution in [0, 0.1) is 39.5 Å². The number of nitrogens with zero attached hydrogens (tertiary/aromatic N) is 2. The number of hydrogen-bond donors (Lipinski definition) is 0. The summed E-state index contributed by atoms with van der Waals surface area (Å²) < 4.78 is 11.9. The number of hydrogen-bond acceptors (Lipinski definition) is 5. The molecule has 2 bridgehead atoms.